The molecule has 132 valence electrons. The summed E-state index contributed by atoms with van der Waals surface area (Å²) in [6.07, 6.45) is 0.474. The third-order valence-electron chi connectivity index (χ3n) is 3.70. The van der Waals surface area contributed by atoms with E-state index in [-0.39, 0.29) is 18.4 Å². The fourth-order valence-electron chi connectivity index (χ4n) is 2.38. The Morgan fingerprint density at radius 3 is 2.58 bits per heavy atom. The molecule has 1 aliphatic heterocycles. The molecule has 1 fully saturated rings. The molecule has 0 saturated carbocycles. The Morgan fingerprint density at radius 1 is 1.25 bits per heavy atom. The maximum Gasteiger partial charge on any atom is 0.348 e. The lowest BCUT2D eigenvalue weighted by molar-refractivity contribution is -0.137. The number of esters is 1. The molecule has 0 radical (unpaired) electrons. The zero-order valence-corrected chi connectivity index (χ0v) is 14.3. The lowest BCUT2D eigenvalue weighted by atomic mass is 10.3. The second kappa shape index (κ2) is 8.53. The SMILES string of the molecule is COC(=O)c1ccc(N2CCN(C(=O)NCCCC(=O)O)CC2)s1. The van der Waals surface area contributed by atoms with Gasteiger partial charge in [0, 0.05) is 39.1 Å². The number of carboxylic acid groups (broad SMARTS) is 1. The first-order valence-corrected chi connectivity index (χ1v) is 8.50. The van der Waals surface area contributed by atoms with E-state index in [1.807, 2.05) is 6.07 Å². The molecule has 1 saturated heterocycles. The Hall–Kier alpha value is -2.29. The summed E-state index contributed by atoms with van der Waals surface area (Å²) < 4.78 is 4.70. The van der Waals surface area contributed by atoms with Gasteiger partial charge in [-0.3, -0.25) is 4.79 Å². The second-order valence-electron chi connectivity index (χ2n) is 5.33. The van der Waals surface area contributed by atoms with Gasteiger partial charge in [-0.15, -0.1) is 11.3 Å². The van der Waals surface area contributed by atoms with Crippen molar-refractivity contribution in [1.29, 1.82) is 0 Å². The van der Waals surface area contributed by atoms with Gasteiger partial charge >= 0.3 is 18.0 Å². The minimum atomic E-state index is -0.861. The summed E-state index contributed by atoms with van der Waals surface area (Å²) in [5.41, 5.74) is 0. The van der Waals surface area contributed by atoms with E-state index in [4.69, 9.17) is 9.84 Å². The molecule has 1 aromatic heterocycles. The number of hydrogen-bond acceptors (Lipinski definition) is 6. The molecule has 0 spiro atoms. The number of urea groups is 1. The van der Waals surface area contributed by atoms with Gasteiger partial charge in [0.15, 0.2) is 0 Å². The summed E-state index contributed by atoms with van der Waals surface area (Å²) in [4.78, 5) is 38.3. The summed E-state index contributed by atoms with van der Waals surface area (Å²) in [5, 5.41) is 12.3. The number of ether oxygens (including phenoxy) is 1. The molecule has 0 unspecified atom stereocenters. The van der Waals surface area contributed by atoms with Gasteiger partial charge in [0.1, 0.15) is 4.88 Å². The van der Waals surface area contributed by atoms with Crippen LogP contribution in [0.2, 0.25) is 0 Å². The molecule has 24 heavy (non-hydrogen) atoms. The predicted molar refractivity (Wildman–Crippen MR) is 89.7 cm³/mol. The van der Waals surface area contributed by atoms with Crippen molar-refractivity contribution in [3.63, 3.8) is 0 Å². The molecule has 9 heteroatoms. The summed E-state index contributed by atoms with van der Waals surface area (Å²) in [6.45, 7) is 2.89. The highest BCUT2D eigenvalue weighted by Crippen LogP contribution is 2.27. The van der Waals surface area contributed by atoms with Gasteiger partial charge < -0.3 is 25.0 Å². The van der Waals surface area contributed by atoms with Crippen LogP contribution in [0.1, 0.15) is 22.5 Å². The first-order chi connectivity index (χ1) is 11.5. The van der Waals surface area contributed by atoms with Crippen LogP contribution in [0.5, 0.6) is 0 Å². The van der Waals surface area contributed by atoms with E-state index < -0.39 is 5.97 Å². The van der Waals surface area contributed by atoms with Crippen LogP contribution in [0, 0.1) is 0 Å². The van der Waals surface area contributed by atoms with Crippen LogP contribution in [-0.4, -0.2) is 67.8 Å². The molecule has 1 aromatic rings. The number of anilines is 1. The maximum absolute atomic E-state index is 12.0. The Kier molecular flexibility index (Phi) is 6.42. The summed E-state index contributed by atoms with van der Waals surface area (Å²) in [7, 11) is 1.36. The standard InChI is InChI=1S/C15H21N3O5S/c1-23-14(21)11-4-5-12(24-11)17-7-9-18(10-8-17)15(22)16-6-2-3-13(19)20/h4-5H,2-3,6-10H2,1H3,(H,16,22)(H,19,20). The topological polar surface area (TPSA) is 99.2 Å². The maximum atomic E-state index is 12.0. The molecule has 2 heterocycles. The third-order valence-corrected chi connectivity index (χ3v) is 4.83. The number of carbonyl (C=O) groups is 3. The molecule has 0 bridgehead atoms. The quantitative estimate of drug-likeness (QED) is 0.588. The first kappa shape index (κ1) is 18.1. The fraction of sp³-hybridized carbons (Fsp3) is 0.533. The monoisotopic (exact) mass is 355 g/mol. The lowest BCUT2D eigenvalue weighted by Crippen LogP contribution is -2.51. The molecule has 0 aromatic carbocycles. The highest BCUT2D eigenvalue weighted by Gasteiger charge is 2.22. The van der Waals surface area contributed by atoms with E-state index in [2.05, 4.69) is 10.2 Å². The van der Waals surface area contributed by atoms with Crippen molar-refractivity contribution < 1.29 is 24.2 Å². The molecule has 0 aliphatic carbocycles. The molecule has 8 nitrogen and oxygen atoms in total. The van der Waals surface area contributed by atoms with E-state index in [0.717, 1.165) is 5.00 Å². The molecular formula is C15H21N3O5S. The summed E-state index contributed by atoms with van der Waals surface area (Å²) >= 11 is 1.38. The number of thiophene rings is 1. The number of rotatable bonds is 6. The molecule has 2 N–H and O–H groups in total. The van der Waals surface area contributed by atoms with Crippen molar-refractivity contribution in [3.8, 4) is 0 Å². The van der Waals surface area contributed by atoms with Crippen molar-refractivity contribution in [3.05, 3.63) is 17.0 Å². The van der Waals surface area contributed by atoms with Crippen molar-refractivity contribution in [1.82, 2.24) is 10.2 Å². The van der Waals surface area contributed by atoms with Gasteiger partial charge in [-0.25, -0.2) is 9.59 Å². The van der Waals surface area contributed by atoms with Gasteiger partial charge in [0.2, 0.25) is 0 Å². The number of aliphatic carboxylic acids is 1. The Labute approximate surface area is 144 Å². The van der Waals surface area contributed by atoms with E-state index in [9.17, 15) is 14.4 Å². The van der Waals surface area contributed by atoms with Gasteiger partial charge in [-0.2, -0.15) is 0 Å². The average Bonchev–Trinajstić information content (AvgIpc) is 3.08. The van der Waals surface area contributed by atoms with Crippen LogP contribution < -0.4 is 10.2 Å². The smallest absolute Gasteiger partial charge is 0.348 e. The Balaban J connectivity index is 1.76. The van der Waals surface area contributed by atoms with Gasteiger partial charge in [0.25, 0.3) is 0 Å². The Bertz CT molecular complexity index is 596. The number of carboxylic acids is 1. The van der Waals surface area contributed by atoms with Crippen molar-refractivity contribution in [2.75, 3.05) is 44.7 Å². The van der Waals surface area contributed by atoms with Crippen LogP contribution in [0.25, 0.3) is 0 Å². The summed E-state index contributed by atoms with van der Waals surface area (Å²) in [6, 6.07) is 3.47. The second-order valence-corrected chi connectivity index (χ2v) is 6.40. The Morgan fingerprint density at radius 2 is 1.96 bits per heavy atom. The number of nitrogens with zero attached hydrogens (tertiary/aromatic N) is 2. The highest BCUT2D eigenvalue weighted by molar-refractivity contribution is 7.17. The molecule has 1 aliphatic rings. The summed E-state index contributed by atoms with van der Waals surface area (Å²) in [5.74, 6) is -1.20. The van der Waals surface area contributed by atoms with Crippen molar-refractivity contribution >= 4 is 34.3 Å². The number of piperazine rings is 1. The van der Waals surface area contributed by atoms with Crippen molar-refractivity contribution in [2.45, 2.75) is 12.8 Å². The zero-order valence-electron chi connectivity index (χ0n) is 13.5. The minimum absolute atomic E-state index is 0.0506. The average molecular weight is 355 g/mol. The minimum Gasteiger partial charge on any atom is -0.481 e. The van der Waals surface area contributed by atoms with Crippen LogP contribution in [0.4, 0.5) is 9.80 Å². The molecule has 2 rings (SSSR count). The third kappa shape index (κ3) is 4.85. The fourth-order valence-corrected chi connectivity index (χ4v) is 3.36. The molecular weight excluding hydrogens is 334 g/mol. The normalized spacial score (nSPS) is 14.4. The largest absolute Gasteiger partial charge is 0.481 e. The van der Waals surface area contributed by atoms with Gasteiger partial charge in [0.05, 0.1) is 12.1 Å². The van der Waals surface area contributed by atoms with Crippen LogP contribution in [-0.2, 0) is 9.53 Å². The van der Waals surface area contributed by atoms with Gasteiger partial charge in [-0.1, -0.05) is 0 Å². The van der Waals surface area contributed by atoms with Gasteiger partial charge in [-0.05, 0) is 18.6 Å². The number of hydrogen-bond donors (Lipinski definition) is 2. The van der Waals surface area contributed by atoms with Crippen LogP contribution in [0.15, 0.2) is 12.1 Å². The van der Waals surface area contributed by atoms with Crippen LogP contribution in [0.3, 0.4) is 0 Å². The highest BCUT2D eigenvalue weighted by atomic mass is 32.1. The predicted octanol–water partition coefficient (Wildman–Crippen LogP) is 1.23. The zero-order chi connectivity index (χ0) is 17.5. The van der Waals surface area contributed by atoms with E-state index in [1.54, 1.807) is 11.0 Å². The van der Waals surface area contributed by atoms with E-state index in [1.165, 1.54) is 18.4 Å². The number of methoxy groups -OCH3 is 1. The van der Waals surface area contributed by atoms with E-state index in [0.29, 0.717) is 44.0 Å². The molecule has 0 atom stereocenters. The number of carbonyl (C=O) groups excluding carboxylic acids is 2. The first-order valence-electron chi connectivity index (χ1n) is 7.69. The van der Waals surface area contributed by atoms with Crippen LogP contribution >= 0.6 is 11.3 Å². The van der Waals surface area contributed by atoms with E-state index >= 15 is 0 Å². The lowest BCUT2D eigenvalue weighted by Gasteiger charge is -2.35. The van der Waals surface area contributed by atoms with Crippen molar-refractivity contribution in [2.24, 2.45) is 0 Å². The number of amides is 2. The number of nitrogens with one attached hydrogen (secondary N) is 1. The molecule has 2 amide bonds.